The van der Waals surface area contributed by atoms with Crippen molar-refractivity contribution in [2.24, 2.45) is 11.7 Å². The molecule has 3 aromatic rings. The second kappa shape index (κ2) is 10.1. The van der Waals surface area contributed by atoms with Crippen LogP contribution >= 0.6 is 0 Å². The normalized spacial score (nSPS) is 14.1. The number of imidazole rings is 1. The molecular formula is C22H28N6O4. The molecule has 0 radical (unpaired) electrons. The summed E-state index contributed by atoms with van der Waals surface area (Å²) in [5, 5.41) is 15.6. The molecule has 0 aliphatic heterocycles. The number of para-hydroxylation sites is 1. The minimum atomic E-state index is -1.14. The van der Waals surface area contributed by atoms with Crippen LogP contribution in [0.25, 0.3) is 10.9 Å². The van der Waals surface area contributed by atoms with Gasteiger partial charge in [0.2, 0.25) is 11.8 Å². The average molecular weight is 441 g/mol. The van der Waals surface area contributed by atoms with Crippen molar-refractivity contribution in [1.82, 2.24) is 25.6 Å². The molecule has 1 aromatic carbocycles. The zero-order valence-corrected chi connectivity index (χ0v) is 18.0. The lowest BCUT2D eigenvalue weighted by molar-refractivity contribution is -0.143. The molecule has 170 valence electrons. The molecule has 7 N–H and O–H groups in total. The predicted molar refractivity (Wildman–Crippen MR) is 119 cm³/mol. The van der Waals surface area contributed by atoms with E-state index in [1.165, 1.54) is 6.33 Å². The molecule has 0 aliphatic rings. The molecular weight excluding hydrogens is 412 g/mol. The van der Waals surface area contributed by atoms with E-state index < -0.39 is 35.9 Å². The summed E-state index contributed by atoms with van der Waals surface area (Å²) in [6, 6.07) is 4.60. The molecule has 32 heavy (non-hydrogen) atoms. The van der Waals surface area contributed by atoms with Gasteiger partial charge < -0.3 is 31.4 Å². The lowest BCUT2D eigenvalue weighted by Crippen LogP contribution is -2.56. The number of aliphatic carboxylic acids is 1. The van der Waals surface area contributed by atoms with Crippen molar-refractivity contribution < 1.29 is 19.5 Å². The highest BCUT2D eigenvalue weighted by atomic mass is 16.4. The number of carbonyl (C=O) groups excluding carboxylic acids is 2. The van der Waals surface area contributed by atoms with E-state index >= 15 is 0 Å². The molecule has 0 spiro atoms. The van der Waals surface area contributed by atoms with Gasteiger partial charge in [-0.2, -0.15) is 0 Å². The van der Waals surface area contributed by atoms with Crippen molar-refractivity contribution >= 4 is 28.7 Å². The Hall–Kier alpha value is -3.66. The second-order valence-electron chi connectivity index (χ2n) is 8.08. The summed E-state index contributed by atoms with van der Waals surface area (Å²) >= 11 is 0. The summed E-state index contributed by atoms with van der Waals surface area (Å²) in [4.78, 5) is 47.3. The summed E-state index contributed by atoms with van der Waals surface area (Å²) in [7, 11) is 0. The number of carboxylic acid groups (broad SMARTS) is 1. The van der Waals surface area contributed by atoms with Gasteiger partial charge in [-0.15, -0.1) is 0 Å². The Bertz CT molecular complexity index is 1080. The van der Waals surface area contributed by atoms with E-state index in [2.05, 4.69) is 25.6 Å². The van der Waals surface area contributed by atoms with Crippen molar-refractivity contribution in [3.63, 3.8) is 0 Å². The van der Waals surface area contributed by atoms with Gasteiger partial charge in [-0.25, -0.2) is 9.78 Å². The summed E-state index contributed by atoms with van der Waals surface area (Å²) < 4.78 is 0. The third-order valence-corrected chi connectivity index (χ3v) is 5.29. The van der Waals surface area contributed by atoms with E-state index in [9.17, 15) is 19.5 Å². The third kappa shape index (κ3) is 5.52. The van der Waals surface area contributed by atoms with Gasteiger partial charge in [0.15, 0.2) is 0 Å². The summed E-state index contributed by atoms with van der Waals surface area (Å²) in [5.74, 6) is -2.57. The van der Waals surface area contributed by atoms with E-state index in [-0.39, 0.29) is 18.8 Å². The van der Waals surface area contributed by atoms with E-state index in [0.717, 1.165) is 16.5 Å². The van der Waals surface area contributed by atoms with Crippen LogP contribution in [0.5, 0.6) is 0 Å². The maximum atomic E-state index is 13.0. The smallest absolute Gasteiger partial charge is 0.326 e. The Balaban J connectivity index is 1.80. The molecule has 2 aromatic heterocycles. The van der Waals surface area contributed by atoms with Gasteiger partial charge in [0.25, 0.3) is 0 Å². The fourth-order valence-corrected chi connectivity index (χ4v) is 3.50. The molecule has 10 nitrogen and oxygen atoms in total. The van der Waals surface area contributed by atoms with Gasteiger partial charge in [-0.3, -0.25) is 9.59 Å². The molecule has 2 heterocycles. The number of hydrogen-bond donors (Lipinski definition) is 6. The van der Waals surface area contributed by atoms with Gasteiger partial charge in [-0.05, 0) is 17.5 Å². The van der Waals surface area contributed by atoms with Crippen molar-refractivity contribution in [3.8, 4) is 0 Å². The largest absolute Gasteiger partial charge is 0.480 e. The van der Waals surface area contributed by atoms with Crippen molar-refractivity contribution in [2.75, 3.05) is 0 Å². The van der Waals surface area contributed by atoms with Crippen LogP contribution in [0.3, 0.4) is 0 Å². The number of aromatic nitrogens is 3. The van der Waals surface area contributed by atoms with E-state index in [4.69, 9.17) is 5.73 Å². The van der Waals surface area contributed by atoms with E-state index in [1.54, 1.807) is 26.2 Å². The highest BCUT2D eigenvalue weighted by Gasteiger charge is 2.30. The Labute approximate surface area is 185 Å². The molecule has 3 unspecified atom stereocenters. The lowest BCUT2D eigenvalue weighted by Gasteiger charge is -2.24. The molecule has 0 saturated heterocycles. The molecule has 0 fully saturated rings. The number of amides is 2. The van der Waals surface area contributed by atoms with Gasteiger partial charge in [-0.1, -0.05) is 32.0 Å². The van der Waals surface area contributed by atoms with Gasteiger partial charge in [0.1, 0.15) is 12.1 Å². The second-order valence-corrected chi connectivity index (χ2v) is 8.08. The topological polar surface area (TPSA) is 166 Å². The molecule has 0 aliphatic carbocycles. The van der Waals surface area contributed by atoms with Crippen LogP contribution in [0.1, 0.15) is 25.1 Å². The molecule has 0 bridgehead atoms. The first-order valence-electron chi connectivity index (χ1n) is 10.4. The van der Waals surface area contributed by atoms with Crippen LogP contribution in [0.2, 0.25) is 0 Å². The zero-order chi connectivity index (χ0) is 23.3. The van der Waals surface area contributed by atoms with Gasteiger partial charge in [0, 0.05) is 41.8 Å². The maximum absolute atomic E-state index is 13.0. The van der Waals surface area contributed by atoms with Crippen molar-refractivity contribution in [2.45, 2.75) is 44.8 Å². The Kier molecular flexibility index (Phi) is 7.26. The standard InChI is InChI=1S/C22H28N6O4/c1-12(2)19(22(31)32)28-21(30)18(7-13-9-25-17-6-4-3-5-15(13)17)27-20(29)16(23)8-14-10-24-11-26-14/h3-6,9-12,16,18-19,25H,7-8,23H2,1-2H3,(H,24,26)(H,27,29)(H,28,30)(H,31,32). The van der Waals surface area contributed by atoms with Crippen LogP contribution in [-0.2, 0) is 27.2 Å². The number of rotatable bonds is 10. The molecule has 3 atom stereocenters. The van der Waals surface area contributed by atoms with Crippen molar-refractivity contribution in [1.29, 1.82) is 0 Å². The first kappa shape index (κ1) is 23.0. The highest BCUT2D eigenvalue weighted by molar-refractivity contribution is 5.93. The van der Waals surface area contributed by atoms with Crippen LogP contribution in [0, 0.1) is 5.92 Å². The number of nitrogens with one attached hydrogen (secondary N) is 4. The molecule has 2 amide bonds. The lowest BCUT2D eigenvalue weighted by atomic mass is 10.0. The number of aromatic amines is 2. The molecule has 10 heteroatoms. The average Bonchev–Trinajstić information content (AvgIpc) is 3.40. The van der Waals surface area contributed by atoms with Crippen molar-refractivity contribution in [3.05, 3.63) is 54.2 Å². The first-order valence-corrected chi connectivity index (χ1v) is 10.4. The van der Waals surface area contributed by atoms with Crippen LogP contribution in [-0.4, -0.2) is 56.0 Å². The number of nitrogens with zero attached hydrogens (tertiary/aromatic N) is 1. The molecule has 0 saturated carbocycles. The number of hydrogen-bond acceptors (Lipinski definition) is 5. The van der Waals surface area contributed by atoms with Crippen LogP contribution in [0.4, 0.5) is 0 Å². The zero-order valence-electron chi connectivity index (χ0n) is 18.0. The van der Waals surface area contributed by atoms with E-state index in [1.807, 2.05) is 24.3 Å². The fraction of sp³-hybridized carbons (Fsp3) is 0.364. The van der Waals surface area contributed by atoms with Gasteiger partial charge >= 0.3 is 5.97 Å². The number of H-pyrrole nitrogens is 2. The van der Waals surface area contributed by atoms with Gasteiger partial charge in [0.05, 0.1) is 12.4 Å². The van der Waals surface area contributed by atoms with Crippen LogP contribution < -0.4 is 16.4 Å². The minimum absolute atomic E-state index is 0.169. The van der Waals surface area contributed by atoms with E-state index in [0.29, 0.717) is 5.69 Å². The number of nitrogens with two attached hydrogens (primary N) is 1. The maximum Gasteiger partial charge on any atom is 0.326 e. The first-order chi connectivity index (χ1) is 15.3. The monoisotopic (exact) mass is 440 g/mol. The minimum Gasteiger partial charge on any atom is -0.480 e. The highest BCUT2D eigenvalue weighted by Crippen LogP contribution is 2.19. The summed E-state index contributed by atoms with van der Waals surface area (Å²) in [6.07, 6.45) is 5.23. The summed E-state index contributed by atoms with van der Waals surface area (Å²) in [6.45, 7) is 3.40. The third-order valence-electron chi connectivity index (χ3n) is 5.29. The molecule has 3 rings (SSSR count). The number of carbonyl (C=O) groups is 3. The number of benzene rings is 1. The summed E-state index contributed by atoms with van der Waals surface area (Å²) in [5.41, 5.74) is 8.43. The Morgan fingerprint density at radius 1 is 1.09 bits per heavy atom. The van der Waals surface area contributed by atoms with Crippen LogP contribution in [0.15, 0.2) is 43.0 Å². The Morgan fingerprint density at radius 2 is 1.84 bits per heavy atom. The predicted octanol–water partition coefficient (Wildman–Crippen LogP) is 0.714. The SMILES string of the molecule is CC(C)C(NC(=O)C(Cc1c[nH]c2ccccc12)NC(=O)C(N)Cc1cnc[nH]1)C(=O)O. The Morgan fingerprint density at radius 3 is 2.50 bits per heavy atom. The number of carboxylic acids is 1. The fourth-order valence-electron chi connectivity index (χ4n) is 3.50. The quantitative estimate of drug-likeness (QED) is 0.272. The number of fused-ring (bicyclic) bond motifs is 1.